The van der Waals surface area contributed by atoms with Crippen LogP contribution in [0.4, 0.5) is 27.6 Å². The van der Waals surface area contributed by atoms with Gasteiger partial charge in [0.1, 0.15) is 6.07 Å². The first-order valence-electron chi connectivity index (χ1n) is 4.29. The third kappa shape index (κ3) is 3.47. The van der Waals surface area contributed by atoms with Gasteiger partial charge in [-0.25, -0.2) is 13.8 Å². The van der Waals surface area contributed by atoms with Crippen LogP contribution in [0, 0.1) is 21.4 Å². The maximum Gasteiger partial charge on any atom is 0.573 e. The number of nitriles is 1. The zero-order valence-electron chi connectivity index (χ0n) is 8.61. The molecule has 0 N–H and O–H groups in total. The fraction of sp³-hybridized carbons (Fsp3) is 0.250. The van der Waals surface area contributed by atoms with Crippen molar-refractivity contribution in [2.45, 2.75) is 12.8 Å². The number of hydrogen-bond donors (Lipinski definition) is 0. The van der Waals surface area contributed by atoms with Gasteiger partial charge < -0.3 is 4.74 Å². The van der Waals surface area contributed by atoms with Gasteiger partial charge >= 0.3 is 6.36 Å². The van der Waals surface area contributed by atoms with E-state index in [1.807, 2.05) is 0 Å². The summed E-state index contributed by atoms with van der Waals surface area (Å²) >= 11 is 0. The van der Waals surface area contributed by atoms with E-state index < -0.39 is 40.5 Å². The number of hydrogen-bond acceptors (Lipinski definition) is 5. The maximum absolute atomic E-state index is 12.4. The summed E-state index contributed by atoms with van der Waals surface area (Å²) in [6.07, 6.45) is -8.67. The summed E-state index contributed by atoms with van der Waals surface area (Å²) in [6.45, 7) is 0. The first-order valence-corrected chi connectivity index (χ1v) is 4.29. The van der Waals surface area contributed by atoms with Crippen LogP contribution in [0.3, 0.4) is 0 Å². The molecule has 0 saturated carbocycles. The average molecular weight is 283 g/mol. The van der Waals surface area contributed by atoms with E-state index in [0.29, 0.717) is 0 Å². The number of nitrogens with zero attached hydrogens (tertiary/aromatic N) is 3. The fourth-order valence-electron chi connectivity index (χ4n) is 1.09. The minimum absolute atomic E-state index is 0.0839. The van der Waals surface area contributed by atoms with E-state index in [0.717, 1.165) is 6.07 Å². The number of ether oxygens (including phenoxy) is 1. The molecule has 102 valence electrons. The number of pyridine rings is 1. The SMILES string of the molecule is N#Cc1nc(C(F)F)c([N+](=O)[O-])cc1OC(F)(F)F. The van der Waals surface area contributed by atoms with Crippen LogP contribution in [-0.4, -0.2) is 16.3 Å². The molecule has 1 aromatic rings. The largest absolute Gasteiger partial charge is 0.573 e. The highest BCUT2D eigenvalue weighted by Gasteiger charge is 2.35. The molecule has 0 spiro atoms. The Morgan fingerprint density at radius 3 is 2.42 bits per heavy atom. The van der Waals surface area contributed by atoms with E-state index in [1.165, 1.54) is 0 Å². The van der Waals surface area contributed by atoms with Gasteiger partial charge in [-0.05, 0) is 0 Å². The van der Waals surface area contributed by atoms with E-state index in [2.05, 4.69) is 9.72 Å². The van der Waals surface area contributed by atoms with E-state index >= 15 is 0 Å². The lowest BCUT2D eigenvalue weighted by molar-refractivity contribution is -0.386. The van der Waals surface area contributed by atoms with Gasteiger partial charge in [-0.1, -0.05) is 0 Å². The Balaban J connectivity index is 3.45. The van der Waals surface area contributed by atoms with Crippen LogP contribution in [0.5, 0.6) is 5.75 Å². The molecule has 0 unspecified atom stereocenters. The Morgan fingerprint density at radius 2 is 2.05 bits per heavy atom. The molecular formula is C8H2F5N3O3. The average Bonchev–Trinajstić information content (AvgIpc) is 2.25. The molecule has 0 radical (unpaired) electrons. The lowest BCUT2D eigenvalue weighted by Gasteiger charge is -2.10. The monoisotopic (exact) mass is 283 g/mol. The van der Waals surface area contributed by atoms with Crippen LogP contribution in [0.1, 0.15) is 17.8 Å². The van der Waals surface area contributed by atoms with E-state index in [-0.39, 0.29) is 6.07 Å². The molecule has 0 aromatic carbocycles. The molecule has 1 aromatic heterocycles. The maximum atomic E-state index is 12.4. The molecule has 0 bridgehead atoms. The summed E-state index contributed by atoms with van der Waals surface area (Å²) < 4.78 is 64.1. The van der Waals surface area contributed by atoms with Crippen LogP contribution in [0.2, 0.25) is 0 Å². The normalized spacial score (nSPS) is 11.2. The summed E-state index contributed by atoms with van der Waals surface area (Å²) in [5.41, 5.74) is -3.90. The topological polar surface area (TPSA) is 89.0 Å². The molecule has 6 nitrogen and oxygen atoms in total. The van der Waals surface area contributed by atoms with Crippen molar-refractivity contribution in [3.8, 4) is 11.8 Å². The van der Waals surface area contributed by atoms with Gasteiger partial charge in [0.15, 0.2) is 17.1 Å². The third-order valence-corrected chi connectivity index (χ3v) is 1.73. The number of aromatic nitrogens is 1. The second kappa shape index (κ2) is 5.01. The summed E-state index contributed by atoms with van der Waals surface area (Å²) in [5, 5.41) is 18.9. The number of alkyl halides is 5. The van der Waals surface area contributed by atoms with Crippen molar-refractivity contribution in [1.82, 2.24) is 4.98 Å². The smallest absolute Gasteiger partial charge is 0.402 e. The van der Waals surface area contributed by atoms with Gasteiger partial charge in [0.05, 0.1) is 11.0 Å². The fourth-order valence-corrected chi connectivity index (χ4v) is 1.09. The molecule has 0 aliphatic carbocycles. The van der Waals surface area contributed by atoms with E-state index in [9.17, 15) is 32.1 Å². The second-order valence-corrected chi connectivity index (χ2v) is 2.96. The molecule has 0 saturated heterocycles. The zero-order valence-corrected chi connectivity index (χ0v) is 8.61. The molecule has 11 heteroatoms. The highest BCUT2D eigenvalue weighted by atomic mass is 19.4. The minimum atomic E-state index is -5.24. The van der Waals surface area contributed by atoms with Gasteiger partial charge in [0, 0.05) is 0 Å². The van der Waals surface area contributed by atoms with Gasteiger partial charge in [-0.15, -0.1) is 13.2 Å². The first kappa shape index (κ1) is 14.6. The van der Waals surface area contributed by atoms with Crippen molar-refractivity contribution in [3.63, 3.8) is 0 Å². The van der Waals surface area contributed by atoms with Crippen molar-refractivity contribution >= 4 is 5.69 Å². The number of halogens is 5. The molecular weight excluding hydrogens is 281 g/mol. The van der Waals surface area contributed by atoms with Gasteiger partial charge in [0.2, 0.25) is 0 Å². The summed E-state index contributed by atoms with van der Waals surface area (Å²) in [4.78, 5) is 11.9. The van der Waals surface area contributed by atoms with Gasteiger partial charge in [-0.3, -0.25) is 10.1 Å². The number of rotatable bonds is 3. The van der Waals surface area contributed by atoms with Crippen molar-refractivity contribution in [2.24, 2.45) is 0 Å². The molecule has 1 rings (SSSR count). The molecule has 0 aliphatic heterocycles. The first-order chi connectivity index (χ1) is 8.65. The molecule has 0 fully saturated rings. The summed E-state index contributed by atoms with van der Waals surface area (Å²) in [7, 11) is 0. The standard InChI is InChI=1S/C8H2F5N3O3/c9-7(10)6-4(16(17)18)1-5(3(2-14)15-6)19-8(11,12)13/h1,7H. The Kier molecular flexibility index (Phi) is 3.83. The van der Waals surface area contributed by atoms with E-state index in [1.54, 1.807) is 0 Å². The van der Waals surface area contributed by atoms with E-state index in [4.69, 9.17) is 5.26 Å². The predicted octanol–water partition coefficient (Wildman–Crippen LogP) is 2.70. The predicted molar refractivity (Wildman–Crippen MR) is 47.2 cm³/mol. The van der Waals surface area contributed by atoms with Crippen LogP contribution in [0.15, 0.2) is 6.07 Å². The van der Waals surface area contributed by atoms with Crippen LogP contribution < -0.4 is 4.74 Å². The lowest BCUT2D eigenvalue weighted by Crippen LogP contribution is -2.18. The summed E-state index contributed by atoms with van der Waals surface area (Å²) in [6, 6.07) is 1.17. The lowest BCUT2D eigenvalue weighted by atomic mass is 10.2. The second-order valence-electron chi connectivity index (χ2n) is 2.96. The van der Waals surface area contributed by atoms with Crippen LogP contribution >= 0.6 is 0 Å². The van der Waals surface area contributed by atoms with Gasteiger partial charge in [-0.2, -0.15) is 5.26 Å². The highest BCUT2D eigenvalue weighted by Crippen LogP contribution is 2.34. The Hall–Kier alpha value is -2.51. The number of nitro groups is 1. The van der Waals surface area contributed by atoms with Crippen molar-refractivity contribution < 1.29 is 31.6 Å². The molecule has 0 aliphatic rings. The van der Waals surface area contributed by atoms with Crippen molar-refractivity contribution in [2.75, 3.05) is 0 Å². The van der Waals surface area contributed by atoms with Crippen molar-refractivity contribution in [1.29, 1.82) is 5.26 Å². The molecule has 1 heterocycles. The zero-order chi connectivity index (χ0) is 14.8. The quantitative estimate of drug-likeness (QED) is 0.483. The Labute approximate surface area is 101 Å². The molecule has 19 heavy (non-hydrogen) atoms. The van der Waals surface area contributed by atoms with Gasteiger partial charge in [0.25, 0.3) is 12.1 Å². The Bertz CT molecular complexity index is 552. The Morgan fingerprint density at radius 1 is 1.47 bits per heavy atom. The van der Waals surface area contributed by atoms with Crippen LogP contribution in [-0.2, 0) is 0 Å². The minimum Gasteiger partial charge on any atom is -0.402 e. The highest BCUT2D eigenvalue weighted by molar-refractivity contribution is 5.49. The van der Waals surface area contributed by atoms with Crippen LogP contribution in [0.25, 0.3) is 0 Å². The van der Waals surface area contributed by atoms with Crippen molar-refractivity contribution in [3.05, 3.63) is 27.6 Å². The molecule has 0 amide bonds. The third-order valence-electron chi connectivity index (χ3n) is 1.73. The molecule has 0 atom stereocenters. The summed E-state index contributed by atoms with van der Waals surface area (Å²) in [5.74, 6) is -1.31.